The Hall–Kier alpha value is -3.41. The number of hydroxylamine groups is 2. The van der Waals surface area contributed by atoms with Crippen LogP contribution < -0.4 is 0 Å². The summed E-state index contributed by atoms with van der Waals surface area (Å²) in [5.74, 6) is -2.80. The fourth-order valence-electron chi connectivity index (χ4n) is 2.65. The normalized spacial score (nSPS) is 12.1. The van der Waals surface area contributed by atoms with Crippen molar-refractivity contribution in [2.45, 2.75) is 18.9 Å². The van der Waals surface area contributed by atoms with Crippen molar-refractivity contribution in [3.63, 3.8) is 0 Å². The van der Waals surface area contributed by atoms with Crippen LogP contribution in [0.15, 0.2) is 53.1 Å². The van der Waals surface area contributed by atoms with Crippen LogP contribution in [-0.2, 0) is 23.7 Å². The monoisotopic (exact) mass is 445 g/mol. The Kier molecular flexibility index (Phi) is 6.02. The van der Waals surface area contributed by atoms with Crippen LogP contribution in [0.3, 0.4) is 0 Å². The number of aromatic nitrogens is 2. The van der Waals surface area contributed by atoms with E-state index in [4.69, 9.17) is 4.84 Å². The van der Waals surface area contributed by atoms with E-state index in [9.17, 15) is 31.1 Å². The first-order valence-corrected chi connectivity index (χ1v) is 8.53. The summed E-state index contributed by atoms with van der Waals surface area (Å²) in [4.78, 5) is 20.8. The van der Waals surface area contributed by atoms with Gasteiger partial charge in [-0.3, -0.25) is 9.63 Å². The average Bonchev–Trinajstić information content (AvgIpc) is 3.22. The van der Waals surface area contributed by atoms with Crippen LogP contribution in [0.4, 0.5) is 26.3 Å². The molecule has 1 heterocycles. The molecule has 12 heteroatoms. The molecule has 3 rings (SSSR count). The van der Waals surface area contributed by atoms with Gasteiger partial charge in [-0.25, -0.2) is 5.06 Å². The molecule has 0 aliphatic carbocycles. The van der Waals surface area contributed by atoms with Crippen molar-refractivity contribution in [2.24, 2.45) is 0 Å². The van der Waals surface area contributed by atoms with Gasteiger partial charge in [0.15, 0.2) is 0 Å². The number of benzene rings is 2. The summed E-state index contributed by atoms with van der Waals surface area (Å²) in [6, 6.07) is 9.92. The number of alkyl halides is 6. The summed E-state index contributed by atoms with van der Waals surface area (Å²) in [5, 5.41) is 3.99. The Morgan fingerprint density at radius 2 is 1.65 bits per heavy atom. The molecule has 2 aromatic carbocycles. The Labute approximate surface area is 171 Å². The van der Waals surface area contributed by atoms with Crippen LogP contribution in [0, 0.1) is 0 Å². The molecule has 0 N–H and O–H groups in total. The maximum atomic E-state index is 13.2. The van der Waals surface area contributed by atoms with Gasteiger partial charge in [-0.05, 0) is 17.7 Å². The number of amides is 1. The van der Waals surface area contributed by atoms with E-state index in [1.807, 2.05) is 0 Å². The number of halogens is 6. The Morgan fingerprint density at radius 1 is 1.00 bits per heavy atom. The van der Waals surface area contributed by atoms with E-state index in [1.165, 1.54) is 30.3 Å². The zero-order valence-corrected chi connectivity index (χ0v) is 15.7. The van der Waals surface area contributed by atoms with Gasteiger partial charge in [0.05, 0.1) is 24.8 Å². The highest BCUT2D eigenvalue weighted by molar-refractivity contribution is 5.95. The van der Waals surface area contributed by atoms with Gasteiger partial charge in [0.25, 0.3) is 5.91 Å². The van der Waals surface area contributed by atoms with Crippen molar-refractivity contribution in [1.29, 1.82) is 0 Å². The molecule has 6 nitrogen and oxygen atoms in total. The molecule has 0 saturated carbocycles. The molecule has 1 aromatic heterocycles. The molecule has 0 fully saturated rings. The lowest BCUT2D eigenvalue weighted by Gasteiger charge is -2.22. The quantitative estimate of drug-likeness (QED) is 0.410. The predicted octanol–water partition coefficient (Wildman–Crippen LogP) is 4.98. The maximum absolute atomic E-state index is 13.2. The van der Waals surface area contributed by atoms with Gasteiger partial charge in [-0.1, -0.05) is 41.6 Å². The van der Waals surface area contributed by atoms with Gasteiger partial charge in [0.2, 0.25) is 5.82 Å². The third-order valence-electron chi connectivity index (χ3n) is 4.12. The number of hydrogen-bond donors (Lipinski definition) is 0. The van der Waals surface area contributed by atoms with E-state index in [-0.39, 0.29) is 17.9 Å². The Morgan fingerprint density at radius 3 is 2.19 bits per heavy atom. The highest BCUT2D eigenvalue weighted by Gasteiger charge is 2.38. The molecule has 0 aliphatic heterocycles. The SMILES string of the molecule is CON(Cc1ccc(-c2noc(C(F)(F)F)n2)cc1)C(=O)c1ccccc1C(F)(F)F. The van der Waals surface area contributed by atoms with Gasteiger partial charge in [-0.2, -0.15) is 31.3 Å². The van der Waals surface area contributed by atoms with Crippen LogP contribution in [-0.4, -0.2) is 28.2 Å². The highest BCUT2D eigenvalue weighted by Crippen LogP contribution is 2.33. The van der Waals surface area contributed by atoms with Crippen LogP contribution in [0.5, 0.6) is 0 Å². The van der Waals surface area contributed by atoms with E-state index in [1.54, 1.807) is 0 Å². The second-order valence-electron chi connectivity index (χ2n) is 6.19. The Balaban J connectivity index is 1.79. The molecule has 0 bridgehead atoms. The van der Waals surface area contributed by atoms with E-state index in [2.05, 4.69) is 14.7 Å². The van der Waals surface area contributed by atoms with Crippen molar-refractivity contribution < 1.29 is 40.5 Å². The molecule has 31 heavy (non-hydrogen) atoms. The van der Waals surface area contributed by atoms with Gasteiger partial charge >= 0.3 is 18.2 Å². The molecule has 3 aromatic rings. The molecule has 164 valence electrons. The zero-order chi connectivity index (χ0) is 22.8. The van der Waals surface area contributed by atoms with Gasteiger partial charge < -0.3 is 4.52 Å². The van der Waals surface area contributed by atoms with Crippen molar-refractivity contribution >= 4 is 5.91 Å². The largest absolute Gasteiger partial charge is 0.471 e. The summed E-state index contributed by atoms with van der Waals surface area (Å²) in [6.45, 7) is -0.220. The van der Waals surface area contributed by atoms with Crippen molar-refractivity contribution in [3.8, 4) is 11.4 Å². The molecular formula is C19H13F6N3O3. The first-order chi connectivity index (χ1) is 14.5. The average molecular weight is 445 g/mol. The molecule has 0 radical (unpaired) electrons. The number of carbonyl (C=O) groups is 1. The molecular weight excluding hydrogens is 432 g/mol. The predicted molar refractivity (Wildman–Crippen MR) is 93.1 cm³/mol. The summed E-state index contributed by atoms with van der Waals surface area (Å²) in [6.07, 6.45) is -9.51. The number of rotatable bonds is 5. The summed E-state index contributed by atoms with van der Waals surface area (Å²) in [5.41, 5.74) is -1.04. The first kappa shape index (κ1) is 22.3. The fraction of sp³-hybridized carbons (Fsp3) is 0.211. The van der Waals surface area contributed by atoms with Gasteiger partial charge in [-0.15, -0.1) is 0 Å². The summed E-state index contributed by atoms with van der Waals surface area (Å²) < 4.78 is 81.4. The van der Waals surface area contributed by atoms with E-state index in [0.717, 1.165) is 30.4 Å². The minimum absolute atomic E-state index is 0.209. The van der Waals surface area contributed by atoms with Gasteiger partial charge in [0, 0.05) is 5.56 Å². The zero-order valence-electron chi connectivity index (χ0n) is 15.7. The van der Waals surface area contributed by atoms with Crippen molar-refractivity contribution in [1.82, 2.24) is 15.2 Å². The standard InChI is InChI=1S/C19H13F6N3O3/c1-30-28(16(29)13-4-2-3-5-14(13)18(20,21)22)10-11-6-8-12(9-7-11)15-26-17(31-27-15)19(23,24)25/h2-9H,10H2,1H3. The summed E-state index contributed by atoms with van der Waals surface area (Å²) >= 11 is 0. The van der Waals surface area contributed by atoms with E-state index in [0.29, 0.717) is 5.56 Å². The van der Waals surface area contributed by atoms with E-state index < -0.39 is 35.3 Å². The maximum Gasteiger partial charge on any atom is 0.471 e. The molecule has 0 saturated heterocycles. The molecule has 0 atom stereocenters. The van der Waals surface area contributed by atoms with Crippen molar-refractivity contribution in [3.05, 3.63) is 71.1 Å². The van der Waals surface area contributed by atoms with Gasteiger partial charge in [0.1, 0.15) is 0 Å². The van der Waals surface area contributed by atoms with E-state index >= 15 is 0 Å². The molecule has 1 amide bonds. The molecule has 0 spiro atoms. The minimum atomic E-state index is -4.78. The van der Waals surface area contributed by atoms with Crippen molar-refractivity contribution in [2.75, 3.05) is 7.11 Å². The lowest BCUT2D eigenvalue weighted by atomic mass is 10.1. The lowest BCUT2D eigenvalue weighted by Crippen LogP contribution is -2.31. The summed E-state index contributed by atoms with van der Waals surface area (Å²) in [7, 11) is 1.13. The smallest absolute Gasteiger partial charge is 0.329 e. The first-order valence-electron chi connectivity index (χ1n) is 8.53. The van der Waals surface area contributed by atoms with Crippen LogP contribution in [0.1, 0.15) is 27.4 Å². The number of hydrogen-bond acceptors (Lipinski definition) is 5. The third-order valence-corrected chi connectivity index (χ3v) is 4.12. The topological polar surface area (TPSA) is 68.5 Å². The lowest BCUT2D eigenvalue weighted by molar-refractivity contribution is -0.159. The van der Waals surface area contributed by atoms with Crippen LogP contribution in [0.25, 0.3) is 11.4 Å². The fourth-order valence-corrected chi connectivity index (χ4v) is 2.65. The number of carbonyl (C=O) groups excluding carboxylic acids is 1. The van der Waals surface area contributed by atoms with Crippen LogP contribution >= 0.6 is 0 Å². The molecule has 0 unspecified atom stereocenters. The second-order valence-corrected chi connectivity index (χ2v) is 6.19. The number of nitrogens with zero attached hydrogens (tertiary/aromatic N) is 3. The van der Waals surface area contributed by atoms with Crippen LogP contribution in [0.2, 0.25) is 0 Å². The third kappa shape index (κ3) is 5.02. The molecule has 0 aliphatic rings. The highest BCUT2D eigenvalue weighted by atomic mass is 19.4. The second kappa shape index (κ2) is 8.38. The Bertz CT molecular complexity index is 1060. The minimum Gasteiger partial charge on any atom is -0.329 e.